The van der Waals surface area contributed by atoms with Gasteiger partial charge in [0.15, 0.2) is 0 Å². The van der Waals surface area contributed by atoms with E-state index in [4.69, 9.17) is 13.5 Å². The van der Waals surface area contributed by atoms with Crippen LogP contribution in [-0.4, -0.2) is 31.8 Å². The summed E-state index contributed by atoms with van der Waals surface area (Å²) in [6, 6.07) is 0. The summed E-state index contributed by atoms with van der Waals surface area (Å²) >= 11 is 0. The van der Waals surface area contributed by atoms with Gasteiger partial charge in [0, 0.05) is 6.61 Å². The number of unbranched alkanes of at least 4 members (excludes halogenated alkanes) is 11. The van der Waals surface area contributed by atoms with E-state index in [1.807, 2.05) is 0 Å². The summed E-state index contributed by atoms with van der Waals surface area (Å²) in [5.41, 5.74) is 0. The van der Waals surface area contributed by atoms with Gasteiger partial charge in [0.25, 0.3) is 0 Å². The molecule has 0 spiro atoms. The van der Waals surface area contributed by atoms with Gasteiger partial charge in [-0.05, 0) is 19.3 Å². The predicted octanol–water partition coefficient (Wildman–Crippen LogP) is 5.44. The summed E-state index contributed by atoms with van der Waals surface area (Å²) in [4.78, 5) is 0. The highest BCUT2D eigenvalue weighted by molar-refractivity contribution is 7.80. The Morgan fingerprint density at radius 2 is 1.48 bits per heavy atom. The predicted molar refractivity (Wildman–Crippen MR) is 101 cm³/mol. The van der Waals surface area contributed by atoms with Gasteiger partial charge in [-0.3, -0.25) is 4.55 Å². The summed E-state index contributed by atoms with van der Waals surface area (Å²) in [5, 5.41) is 0. The van der Waals surface area contributed by atoms with E-state index in [-0.39, 0.29) is 6.10 Å². The molecule has 5 nitrogen and oxygen atoms in total. The highest BCUT2D eigenvalue weighted by Gasteiger charge is 2.29. The molecule has 6 heteroatoms. The zero-order valence-corrected chi connectivity index (χ0v) is 16.8. The second kappa shape index (κ2) is 14.0. The van der Waals surface area contributed by atoms with Crippen LogP contribution in [-0.2, 0) is 19.3 Å². The van der Waals surface area contributed by atoms with Gasteiger partial charge in [-0.1, -0.05) is 84.0 Å². The number of rotatable bonds is 16. The molecular formula is C19H38O5S. The molecule has 1 fully saturated rings. The Morgan fingerprint density at radius 1 is 0.960 bits per heavy atom. The monoisotopic (exact) mass is 378 g/mol. The van der Waals surface area contributed by atoms with Crippen LogP contribution in [0.2, 0.25) is 0 Å². The van der Waals surface area contributed by atoms with Crippen molar-refractivity contribution in [2.24, 2.45) is 0 Å². The number of ether oxygens (including phenoxy) is 1. The second-order valence-corrected chi connectivity index (χ2v) is 8.34. The van der Waals surface area contributed by atoms with Crippen LogP contribution in [0.15, 0.2) is 0 Å². The molecule has 1 saturated heterocycles. The lowest BCUT2D eigenvalue weighted by atomic mass is 10.0. The molecule has 0 aliphatic carbocycles. The smallest absolute Gasteiger partial charge is 0.375 e. The summed E-state index contributed by atoms with van der Waals surface area (Å²) in [6.07, 6.45) is 16.8. The molecule has 0 saturated carbocycles. The lowest BCUT2D eigenvalue weighted by Gasteiger charge is -2.21. The van der Waals surface area contributed by atoms with Crippen LogP contribution in [0.5, 0.6) is 0 Å². The first kappa shape index (κ1) is 22.9. The van der Waals surface area contributed by atoms with E-state index in [0.29, 0.717) is 13.0 Å². The van der Waals surface area contributed by atoms with Crippen molar-refractivity contribution in [3.8, 4) is 0 Å². The van der Waals surface area contributed by atoms with Crippen LogP contribution in [0.1, 0.15) is 103 Å². The Labute approximate surface area is 154 Å². The Hall–Kier alpha value is -0.170. The summed E-state index contributed by atoms with van der Waals surface area (Å²) in [7, 11) is -4.41. The molecule has 0 aromatic heterocycles. The van der Waals surface area contributed by atoms with Gasteiger partial charge in [-0.25, -0.2) is 4.18 Å². The number of hydrogen-bond acceptors (Lipinski definition) is 4. The molecule has 0 aromatic carbocycles. The molecule has 1 rings (SSSR count). The summed E-state index contributed by atoms with van der Waals surface area (Å²) in [6.45, 7) is 2.90. The van der Waals surface area contributed by atoms with E-state index in [1.165, 1.54) is 64.2 Å². The van der Waals surface area contributed by atoms with Crippen molar-refractivity contribution in [2.45, 2.75) is 115 Å². The fourth-order valence-corrected chi connectivity index (χ4v) is 4.07. The van der Waals surface area contributed by atoms with Crippen molar-refractivity contribution < 1.29 is 21.9 Å². The van der Waals surface area contributed by atoms with E-state index in [1.54, 1.807) is 0 Å². The van der Waals surface area contributed by atoms with E-state index < -0.39 is 16.5 Å². The minimum Gasteiger partial charge on any atom is -0.375 e. The van der Waals surface area contributed by atoms with Crippen LogP contribution in [0, 0.1) is 0 Å². The van der Waals surface area contributed by atoms with Crippen molar-refractivity contribution >= 4 is 10.4 Å². The lowest BCUT2D eigenvalue weighted by molar-refractivity contribution is 0.00526. The maximum atomic E-state index is 11.0. The molecule has 1 aliphatic heterocycles. The van der Waals surface area contributed by atoms with Gasteiger partial charge >= 0.3 is 10.4 Å². The molecule has 0 amide bonds. The Bertz CT molecular complexity index is 404. The first-order valence-electron chi connectivity index (χ1n) is 10.3. The van der Waals surface area contributed by atoms with Crippen molar-refractivity contribution in [1.29, 1.82) is 0 Å². The molecule has 150 valence electrons. The zero-order valence-electron chi connectivity index (χ0n) is 16.0. The van der Waals surface area contributed by atoms with Crippen molar-refractivity contribution in [3.63, 3.8) is 0 Å². The quantitative estimate of drug-likeness (QED) is 0.286. The molecule has 1 aliphatic rings. The first-order chi connectivity index (χ1) is 12.0. The van der Waals surface area contributed by atoms with Crippen LogP contribution in [0.25, 0.3) is 0 Å². The molecular weight excluding hydrogens is 340 g/mol. The van der Waals surface area contributed by atoms with Crippen LogP contribution in [0.3, 0.4) is 0 Å². The van der Waals surface area contributed by atoms with Crippen LogP contribution >= 0.6 is 0 Å². The highest BCUT2D eigenvalue weighted by atomic mass is 32.3. The minimum absolute atomic E-state index is 0.199. The fourth-order valence-electron chi connectivity index (χ4n) is 3.53. The first-order valence-corrected chi connectivity index (χ1v) is 11.7. The minimum atomic E-state index is -4.41. The standard InChI is InChI=1S/C19H38O5S/c1-2-3-4-5-6-7-8-9-10-11-12-13-15-19(24-25(20,21)22)18-16-14-17-23-18/h18-19H,2-17H2,1H3,(H,20,21,22). The molecule has 2 unspecified atom stereocenters. The normalized spacial score (nSPS) is 19.4. The van der Waals surface area contributed by atoms with Gasteiger partial charge in [0.05, 0.1) is 6.10 Å². The average molecular weight is 379 g/mol. The molecule has 1 heterocycles. The van der Waals surface area contributed by atoms with E-state index in [2.05, 4.69) is 6.92 Å². The summed E-state index contributed by atoms with van der Waals surface area (Å²) in [5.74, 6) is 0. The average Bonchev–Trinajstić information content (AvgIpc) is 3.08. The van der Waals surface area contributed by atoms with Gasteiger partial charge in [-0.15, -0.1) is 0 Å². The third-order valence-electron chi connectivity index (χ3n) is 4.97. The highest BCUT2D eigenvalue weighted by Crippen LogP contribution is 2.23. The van der Waals surface area contributed by atoms with E-state index in [9.17, 15) is 8.42 Å². The van der Waals surface area contributed by atoms with Crippen molar-refractivity contribution in [2.75, 3.05) is 6.61 Å². The van der Waals surface area contributed by atoms with Crippen molar-refractivity contribution in [1.82, 2.24) is 0 Å². The molecule has 0 aromatic rings. The lowest BCUT2D eigenvalue weighted by Crippen LogP contribution is -2.30. The Balaban J connectivity index is 2.00. The SMILES string of the molecule is CCCCCCCCCCCCCCC(OS(=O)(=O)O)C1CCCO1. The zero-order chi connectivity index (χ0) is 18.4. The van der Waals surface area contributed by atoms with Crippen LogP contribution in [0.4, 0.5) is 0 Å². The second-order valence-electron chi connectivity index (χ2n) is 7.29. The maximum absolute atomic E-state index is 11.0. The van der Waals surface area contributed by atoms with Gasteiger partial charge < -0.3 is 4.74 Å². The molecule has 2 atom stereocenters. The van der Waals surface area contributed by atoms with Gasteiger partial charge in [0.2, 0.25) is 0 Å². The third kappa shape index (κ3) is 12.8. The molecule has 1 N–H and O–H groups in total. The Morgan fingerprint density at radius 3 is 1.92 bits per heavy atom. The fraction of sp³-hybridized carbons (Fsp3) is 1.00. The molecule has 0 bridgehead atoms. The van der Waals surface area contributed by atoms with Crippen LogP contribution < -0.4 is 0 Å². The maximum Gasteiger partial charge on any atom is 0.397 e. The third-order valence-corrected chi connectivity index (χ3v) is 5.46. The van der Waals surface area contributed by atoms with E-state index in [0.717, 1.165) is 25.7 Å². The molecule has 0 radical (unpaired) electrons. The topological polar surface area (TPSA) is 72.8 Å². The summed E-state index contributed by atoms with van der Waals surface area (Å²) < 4.78 is 41.3. The van der Waals surface area contributed by atoms with E-state index >= 15 is 0 Å². The van der Waals surface area contributed by atoms with Gasteiger partial charge in [0.1, 0.15) is 6.10 Å². The van der Waals surface area contributed by atoms with Gasteiger partial charge in [-0.2, -0.15) is 8.42 Å². The molecule has 25 heavy (non-hydrogen) atoms. The largest absolute Gasteiger partial charge is 0.397 e. The van der Waals surface area contributed by atoms with Crippen molar-refractivity contribution in [3.05, 3.63) is 0 Å². The number of hydrogen-bond donors (Lipinski definition) is 1. The Kier molecular flexibility index (Phi) is 12.8.